The van der Waals surface area contributed by atoms with Gasteiger partial charge in [-0.2, -0.15) is 10.4 Å². The molecule has 0 saturated carbocycles. The number of aromatic nitrogens is 2. The lowest BCUT2D eigenvalue weighted by molar-refractivity contribution is 0.776. The maximum atomic E-state index is 9.14. The molecule has 0 unspecified atom stereocenters. The second-order valence-electron chi connectivity index (χ2n) is 3.96. The summed E-state index contributed by atoms with van der Waals surface area (Å²) >= 11 is 0. The van der Waals surface area contributed by atoms with Crippen molar-refractivity contribution in [2.24, 2.45) is 5.73 Å². The Hall–Kier alpha value is -2.32. The third-order valence-corrected chi connectivity index (χ3v) is 2.72. The molecule has 0 fully saturated rings. The largest absolute Gasteiger partial charge is 0.382 e. The van der Waals surface area contributed by atoms with Crippen LogP contribution in [0.3, 0.4) is 0 Å². The molecule has 4 N–H and O–H groups in total. The predicted molar refractivity (Wildman–Crippen MR) is 70.1 cm³/mol. The van der Waals surface area contributed by atoms with Crippen molar-refractivity contribution >= 4 is 5.82 Å². The summed E-state index contributed by atoms with van der Waals surface area (Å²) in [6.07, 6.45) is 1.46. The van der Waals surface area contributed by atoms with Crippen molar-refractivity contribution < 1.29 is 0 Å². The van der Waals surface area contributed by atoms with Gasteiger partial charge in [0.05, 0.1) is 11.4 Å². The van der Waals surface area contributed by atoms with Crippen molar-refractivity contribution in [1.29, 1.82) is 5.26 Å². The van der Waals surface area contributed by atoms with Crippen LogP contribution in [0.25, 0.3) is 5.69 Å². The van der Waals surface area contributed by atoms with Crippen LogP contribution < -0.4 is 11.5 Å². The van der Waals surface area contributed by atoms with E-state index in [1.165, 1.54) is 0 Å². The lowest BCUT2D eigenvalue weighted by Gasteiger charge is -2.02. The molecule has 5 nitrogen and oxygen atoms in total. The molecule has 0 atom stereocenters. The quantitative estimate of drug-likeness (QED) is 0.841. The van der Waals surface area contributed by atoms with Crippen LogP contribution in [0.2, 0.25) is 0 Å². The van der Waals surface area contributed by atoms with Gasteiger partial charge in [-0.15, -0.1) is 0 Å². The smallest absolute Gasteiger partial charge is 0.145 e. The summed E-state index contributed by atoms with van der Waals surface area (Å²) in [6.45, 7) is 0.572. The molecule has 0 spiro atoms. The molecule has 2 rings (SSSR count). The number of hydrogen-bond donors (Lipinski definition) is 2. The molecule has 0 aliphatic carbocycles. The fourth-order valence-corrected chi connectivity index (χ4v) is 1.81. The molecule has 2 aromatic rings. The Balaban J connectivity index is 2.44. The van der Waals surface area contributed by atoms with Gasteiger partial charge in [0, 0.05) is 0 Å². The van der Waals surface area contributed by atoms with Gasteiger partial charge >= 0.3 is 0 Å². The van der Waals surface area contributed by atoms with E-state index in [-0.39, 0.29) is 0 Å². The molecule has 1 heterocycles. The van der Waals surface area contributed by atoms with Crippen LogP contribution in [0.4, 0.5) is 5.82 Å². The monoisotopic (exact) mass is 241 g/mol. The topological polar surface area (TPSA) is 93.6 Å². The molecular weight excluding hydrogens is 226 g/mol. The maximum Gasteiger partial charge on any atom is 0.145 e. The van der Waals surface area contributed by atoms with Gasteiger partial charge in [0.15, 0.2) is 0 Å². The van der Waals surface area contributed by atoms with Gasteiger partial charge in [0.1, 0.15) is 17.5 Å². The third kappa shape index (κ3) is 2.19. The van der Waals surface area contributed by atoms with Crippen LogP contribution in [-0.4, -0.2) is 16.3 Å². The van der Waals surface area contributed by atoms with Crippen LogP contribution >= 0.6 is 0 Å². The first-order valence-corrected chi connectivity index (χ1v) is 5.81. The third-order valence-electron chi connectivity index (χ3n) is 2.72. The minimum absolute atomic E-state index is 0.385. The van der Waals surface area contributed by atoms with Crippen LogP contribution in [-0.2, 0) is 6.42 Å². The van der Waals surface area contributed by atoms with Gasteiger partial charge in [-0.25, -0.2) is 4.68 Å². The van der Waals surface area contributed by atoms with Gasteiger partial charge < -0.3 is 11.5 Å². The first kappa shape index (κ1) is 12.1. The van der Waals surface area contributed by atoms with Gasteiger partial charge in [-0.1, -0.05) is 18.2 Å². The molecule has 0 radical (unpaired) electrons. The van der Waals surface area contributed by atoms with E-state index in [1.54, 1.807) is 4.68 Å². The van der Waals surface area contributed by atoms with Crippen molar-refractivity contribution in [2.75, 3.05) is 12.3 Å². The number of rotatable bonds is 4. The summed E-state index contributed by atoms with van der Waals surface area (Å²) in [5.41, 5.74) is 13.5. The Bertz CT molecular complexity index is 565. The highest BCUT2D eigenvalue weighted by Gasteiger charge is 2.15. The molecule has 0 saturated heterocycles. The first-order chi connectivity index (χ1) is 8.77. The Morgan fingerprint density at radius 3 is 2.61 bits per heavy atom. The highest BCUT2D eigenvalue weighted by atomic mass is 15.3. The molecule has 18 heavy (non-hydrogen) atoms. The van der Waals surface area contributed by atoms with Crippen molar-refractivity contribution in [1.82, 2.24) is 9.78 Å². The molecule has 0 aliphatic rings. The van der Waals surface area contributed by atoms with Gasteiger partial charge in [-0.05, 0) is 31.5 Å². The highest BCUT2D eigenvalue weighted by molar-refractivity contribution is 5.56. The number of aryl methyl sites for hydroxylation is 1. The van der Waals surface area contributed by atoms with Crippen LogP contribution in [0.1, 0.15) is 17.7 Å². The summed E-state index contributed by atoms with van der Waals surface area (Å²) < 4.78 is 1.60. The number of anilines is 1. The lowest BCUT2D eigenvalue weighted by Crippen LogP contribution is -2.03. The Kier molecular flexibility index (Phi) is 3.60. The SMILES string of the molecule is N#Cc1c(CCCN)nn(-c2ccccc2)c1N. The molecule has 92 valence electrons. The zero-order chi connectivity index (χ0) is 13.0. The van der Waals surface area contributed by atoms with Crippen LogP contribution in [0.5, 0.6) is 0 Å². The number of nitriles is 1. The average molecular weight is 241 g/mol. The Morgan fingerprint density at radius 1 is 1.28 bits per heavy atom. The summed E-state index contributed by atoms with van der Waals surface area (Å²) in [4.78, 5) is 0. The van der Waals surface area contributed by atoms with E-state index in [0.29, 0.717) is 30.0 Å². The second kappa shape index (κ2) is 5.34. The number of hydrogen-bond acceptors (Lipinski definition) is 4. The molecule has 0 amide bonds. The standard InChI is InChI=1S/C13H15N5/c14-8-4-7-12-11(9-15)13(16)18(17-12)10-5-2-1-3-6-10/h1-3,5-6H,4,7-8,14,16H2. The van der Waals surface area contributed by atoms with Crippen LogP contribution in [0.15, 0.2) is 30.3 Å². The Morgan fingerprint density at radius 2 is 2.00 bits per heavy atom. The fraction of sp³-hybridized carbons (Fsp3) is 0.231. The molecule has 5 heteroatoms. The van der Waals surface area contributed by atoms with Crippen molar-refractivity contribution in [3.8, 4) is 11.8 Å². The average Bonchev–Trinajstić information content (AvgIpc) is 2.73. The number of benzene rings is 1. The van der Waals surface area contributed by atoms with E-state index in [4.69, 9.17) is 16.7 Å². The van der Waals surface area contributed by atoms with E-state index < -0.39 is 0 Å². The Labute approximate surface area is 106 Å². The summed E-state index contributed by atoms with van der Waals surface area (Å²) in [5, 5.41) is 13.5. The van der Waals surface area contributed by atoms with E-state index in [9.17, 15) is 0 Å². The number of nitrogens with zero attached hydrogens (tertiary/aromatic N) is 3. The van der Waals surface area contributed by atoms with Crippen molar-refractivity contribution in [2.45, 2.75) is 12.8 Å². The van der Waals surface area contributed by atoms with E-state index in [1.807, 2.05) is 30.3 Å². The summed E-state index contributed by atoms with van der Waals surface area (Å²) in [5.74, 6) is 0.385. The van der Waals surface area contributed by atoms with Crippen molar-refractivity contribution in [3.63, 3.8) is 0 Å². The zero-order valence-electron chi connectivity index (χ0n) is 10.0. The first-order valence-electron chi connectivity index (χ1n) is 5.81. The minimum Gasteiger partial charge on any atom is -0.382 e. The zero-order valence-corrected chi connectivity index (χ0v) is 10.0. The fourth-order valence-electron chi connectivity index (χ4n) is 1.81. The second-order valence-corrected chi connectivity index (χ2v) is 3.96. The van der Waals surface area contributed by atoms with Gasteiger partial charge in [-0.3, -0.25) is 0 Å². The van der Waals surface area contributed by atoms with Crippen molar-refractivity contribution in [3.05, 3.63) is 41.6 Å². The number of para-hydroxylation sites is 1. The van der Waals surface area contributed by atoms with E-state index in [0.717, 1.165) is 12.1 Å². The molecule has 0 aliphatic heterocycles. The molecule has 1 aromatic heterocycles. The van der Waals surface area contributed by atoms with Gasteiger partial charge in [0.25, 0.3) is 0 Å². The maximum absolute atomic E-state index is 9.14. The molecule has 0 bridgehead atoms. The van der Waals surface area contributed by atoms with E-state index in [2.05, 4.69) is 11.2 Å². The van der Waals surface area contributed by atoms with Crippen LogP contribution in [0, 0.1) is 11.3 Å². The van der Waals surface area contributed by atoms with Gasteiger partial charge in [0.2, 0.25) is 0 Å². The highest BCUT2D eigenvalue weighted by Crippen LogP contribution is 2.21. The number of nitrogen functional groups attached to an aromatic ring is 1. The lowest BCUT2D eigenvalue weighted by atomic mass is 10.1. The summed E-state index contributed by atoms with van der Waals surface area (Å²) in [7, 11) is 0. The van der Waals surface area contributed by atoms with E-state index >= 15 is 0 Å². The summed E-state index contributed by atoms with van der Waals surface area (Å²) in [6, 6.07) is 11.6. The normalized spacial score (nSPS) is 10.2. The molecule has 1 aromatic carbocycles. The predicted octanol–water partition coefficient (Wildman–Crippen LogP) is 1.22. The minimum atomic E-state index is 0.385. The molecular formula is C13H15N5. The number of nitrogens with two attached hydrogens (primary N) is 2.